The molecule has 2 N–H and O–H groups in total. The molecule has 18 heavy (non-hydrogen) atoms. The predicted octanol–water partition coefficient (Wildman–Crippen LogP) is 1.46. The van der Waals surface area contributed by atoms with Crippen LogP contribution in [0.2, 0.25) is 0 Å². The first kappa shape index (κ1) is 14.2. The number of hydrogen-bond donors (Lipinski definition) is 2. The van der Waals surface area contributed by atoms with Crippen LogP contribution in [-0.4, -0.2) is 37.2 Å². The van der Waals surface area contributed by atoms with Crippen molar-refractivity contribution in [3.8, 4) is 0 Å². The van der Waals surface area contributed by atoms with Crippen LogP contribution < -0.4 is 5.32 Å². The van der Waals surface area contributed by atoms with Crippen molar-refractivity contribution in [2.24, 2.45) is 0 Å². The Labute approximate surface area is 106 Å². The first-order valence-corrected chi connectivity index (χ1v) is 5.66. The fourth-order valence-corrected chi connectivity index (χ4v) is 1.56. The number of carboxylic acids is 1. The standard InChI is InChI=1S/C13H17NO4/c1-9-6-10(8-11(7-9)13(16)17)12(15)14-4-3-5-18-2/h6-8H,3-5H2,1-2H3,(H,14,15)(H,16,17). The highest BCUT2D eigenvalue weighted by atomic mass is 16.5. The minimum absolute atomic E-state index is 0.122. The normalized spacial score (nSPS) is 10.1. The van der Waals surface area contributed by atoms with Crippen LogP contribution in [0.15, 0.2) is 18.2 Å². The molecule has 5 nitrogen and oxygen atoms in total. The van der Waals surface area contributed by atoms with E-state index in [1.807, 2.05) is 0 Å². The Hall–Kier alpha value is -1.88. The molecular formula is C13H17NO4. The van der Waals surface area contributed by atoms with Crippen molar-refractivity contribution in [1.29, 1.82) is 0 Å². The summed E-state index contributed by atoms with van der Waals surface area (Å²) >= 11 is 0. The van der Waals surface area contributed by atoms with Crippen LogP contribution in [0.1, 0.15) is 32.7 Å². The average Bonchev–Trinajstić information content (AvgIpc) is 2.33. The number of hydrogen-bond acceptors (Lipinski definition) is 3. The maximum atomic E-state index is 11.8. The van der Waals surface area contributed by atoms with Gasteiger partial charge in [0.25, 0.3) is 5.91 Å². The summed E-state index contributed by atoms with van der Waals surface area (Å²) in [5.74, 6) is -1.30. The molecule has 0 heterocycles. The second kappa shape index (κ2) is 6.76. The highest BCUT2D eigenvalue weighted by Crippen LogP contribution is 2.10. The lowest BCUT2D eigenvalue weighted by molar-refractivity contribution is 0.0696. The van der Waals surface area contributed by atoms with E-state index in [1.54, 1.807) is 20.1 Å². The zero-order valence-corrected chi connectivity index (χ0v) is 10.5. The van der Waals surface area contributed by atoms with Gasteiger partial charge < -0.3 is 15.2 Å². The molecule has 1 aromatic carbocycles. The molecule has 0 saturated heterocycles. The number of rotatable bonds is 6. The summed E-state index contributed by atoms with van der Waals surface area (Å²) in [6.45, 7) is 2.84. The summed E-state index contributed by atoms with van der Waals surface area (Å²) in [5.41, 5.74) is 1.23. The lowest BCUT2D eigenvalue weighted by atomic mass is 10.1. The highest BCUT2D eigenvalue weighted by molar-refractivity contribution is 5.97. The zero-order valence-electron chi connectivity index (χ0n) is 10.5. The van der Waals surface area contributed by atoms with Crippen LogP contribution in [0.5, 0.6) is 0 Å². The first-order chi connectivity index (χ1) is 8.54. The molecule has 0 spiro atoms. The number of amides is 1. The molecule has 0 aliphatic carbocycles. The molecule has 0 radical (unpaired) electrons. The molecule has 1 aromatic rings. The van der Waals surface area contributed by atoms with Gasteiger partial charge in [-0.3, -0.25) is 4.79 Å². The Morgan fingerprint density at radius 1 is 1.28 bits per heavy atom. The van der Waals surface area contributed by atoms with Crippen molar-refractivity contribution in [1.82, 2.24) is 5.32 Å². The Morgan fingerprint density at radius 2 is 1.94 bits per heavy atom. The lowest BCUT2D eigenvalue weighted by Crippen LogP contribution is -2.25. The summed E-state index contributed by atoms with van der Waals surface area (Å²) < 4.78 is 4.87. The van der Waals surface area contributed by atoms with E-state index in [4.69, 9.17) is 9.84 Å². The van der Waals surface area contributed by atoms with Gasteiger partial charge in [-0.25, -0.2) is 4.79 Å². The molecule has 0 unspecified atom stereocenters. The maximum Gasteiger partial charge on any atom is 0.335 e. The van der Waals surface area contributed by atoms with Gasteiger partial charge in [0.15, 0.2) is 0 Å². The monoisotopic (exact) mass is 251 g/mol. The SMILES string of the molecule is COCCCNC(=O)c1cc(C)cc(C(=O)O)c1. The van der Waals surface area contributed by atoms with Crippen LogP contribution in [0.4, 0.5) is 0 Å². The fourth-order valence-electron chi connectivity index (χ4n) is 1.56. The number of aryl methyl sites for hydroxylation is 1. The van der Waals surface area contributed by atoms with Crippen LogP contribution >= 0.6 is 0 Å². The van der Waals surface area contributed by atoms with Gasteiger partial charge in [0.1, 0.15) is 0 Å². The Morgan fingerprint density at radius 3 is 2.56 bits per heavy atom. The van der Waals surface area contributed by atoms with Crippen molar-refractivity contribution in [3.05, 3.63) is 34.9 Å². The minimum atomic E-state index is -1.04. The number of carbonyl (C=O) groups is 2. The number of aromatic carboxylic acids is 1. The molecule has 0 atom stereocenters. The predicted molar refractivity (Wildman–Crippen MR) is 67.0 cm³/mol. The molecule has 0 aliphatic heterocycles. The molecule has 5 heteroatoms. The molecule has 1 rings (SSSR count). The maximum absolute atomic E-state index is 11.8. The van der Waals surface area contributed by atoms with E-state index >= 15 is 0 Å². The summed E-state index contributed by atoms with van der Waals surface area (Å²) in [6, 6.07) is 4.57. The third-order valence-electron chi connectivity index (χ3n) is 2.40. The van der Waals surface area contributed by atoms with Crippen molar-refractivity contribution < 1.29 is 19.4 Å². The number of carboxylic acid groups (broad SMARTS) is 1. The number of carbonyl (C=O) groups excluding carboxylic acids is 1. The summed E-state index contributed by atoms with van der Waals surface area (Å²) in [4.78, 5) is 22.7. The molecule has 0 bridgehead atoms. The summed E-state index contributed by atoms with van der Waals surface area (Å²) in [6.07, 6.45) is 0.722. The average molecular weight is 251 g/mol. The van der Waals surface area contributed by atoms with Crippen molar-refractivity contribution in [3.63, 3.8) is 0 Å². The van der Waals surface area contributed by atoms with Crippen molar-refractivity contribution in [2.75, 3.05) is 20.3 Å². The van der Waals surface area contributed by atoms with E-state index in [2.05, 4.69) is 5.32 Å². The van der Waals surface area contributed by atoms with E-state index in [1.165, 1.54) is 12.1 Å². The second-order valence-electron chi connectivity index (χ2n) is 4.00. The number of benzene rings is 1. The van der Waals surface area contributed by atoms with Gasteiger partial charge in [0.05, 0.1) is 5.56 Å². The molecule has 0 aromatic heterocycles. The fraction of sp³-hybridized carbons (Fsp3) is 0.385. The second-order valence-corrected chi connectivity index (χ2v) is 4.00. The van der Waals surface area contributed by atoms with Gasteiger partial charge in [-0.2, -0.15) is 0 Å². The smallest absolute Gasteiger partial charge is 0.335 e. The summed E-state index contributed by atoms with van der Waals surface area (Å²) in [5, 5.41) is 11.6. The number of ether oxygens (including phenoxy) is 1. The Bertz CT molecular complexity index is 443. The van der Waals surface area contributed by atoms with Gasteiger partial charge in [0.2, 0.25) is 0 Å². The van der Waals surface area contributed by atoms with E-state index in [0.717, 1.165) is 12.0 Å². The lowest BCUT2D eigenvalue weighted by Gasteiger charge is -2.07. The molecule has 0 aliphatic rings. The zero-order chi connectivity index (χ0) is 13.5. The Balaban J connectivity index is 2.70. The van der Waals surface area contributed by atoms with E-state index < -0.39 is 5.97 Å². The van der Waals surface area contributed by atoms with Crippen molar-refractivity contribution >= 4 is 11.9 Å². The van der Waals surface area contributed by atoms with Gasteiger partial charge in [-0.1, -0.05) is 0 Å². The first-order valence-electron chi connectivity index (χ1n) is 5.66. The molecule has 0 fully saturated rings. The minimum Gasteiger partial charge on any atom is -0.478 e. The molecular weight excluding hydrogens is 234 g/mol. The van der Waals surface area contributed by atoms with Gasteiger partial charge >= 0.3 is 5.97 Å². The quantitative estimate of drug-likeness (QED) is 0.750. The molecule has 0 saturated carbocycles. The van der Waals surface area contributed by atoms with E-state index in [9.17, 15) is 9.59 Å². The van der Waals surface area contributed by atoms with Crippen molar-refractivity contribution in [2.45, 2.75) is 13.3 Å². The van der Waals surface area contributed by atoms with Crippen LogP contribution in [0, 0.1) is 6.92 Å². The topological polar surface area (TPSA) is 75.6 Å². The van der Waals surface area contributed by atoms with Gasteiger partial charge in [0, 0.05) is 25.8 Å². The highest BCUT2D eigenvalue weighted by Gasteiger charge is 2.10. The van der Waals surface area contributed by atoms with Crippen LogP contribution in [0.25, 0.3) is 0 Å². The van der Waals surface area contributed by atoms with E-state index in [0.29, 0.717) is 18.7 Å². The Kier molecular flexibility index (Phi) is 5.32. The third kappa shape index (κ3) is 4.18. The van der Waals surface area contributed by atoms with Crippen LogP contribution in [0.3, 0.4) is 0 Å². The number of methoxy groups -OCH3 is 1. The largest absolute Gasteiger partial charge is 0.478 e. The number of nitrogens with one attached hydrogen (secondary N) is 1. The van der Waals surface area contributed by atoms with E-state index in [-0.39, 0.29) is 11.5 Å². The van der Waals surface area contributed by atoms with Gasteiger partial charge in [-0.15, -0.1) is 0 Å². The third-order valence-corrected chi connectivity index (χ3v) is 2.40. The van der Waals surface area contributed by atoms with Gasteiger partial charge in [-0.05, 0) is 37.1 Å². The molecule has 98 valence electrons. The molecule has 1 amide bonds. The summed E-state index contributed by atoms with van der Waals surface area (Å²) in [7, 11) is 1.60. The van der Waals surface area contributed by atoms with Crippen LogP contribution in [-0.2, 0) is 4.74 Å².